The molecule has 0 radical (unpaired) electrons. The van der Waals surface area contributed by atoms with Crippen LogP contribution < -0.4 is 10.1 Å². The van der Waals surface area contributed by atoms with Gasteiger partial charge in [0.15, 0.2) is 11.6 Å². The summed E-state index contributed by atoms with van der Waals surface area (Å²) >= 11 is 0. The molecule has 2 N–H and O–H groups in total. The van der Waals surface area contributed by atoms with Crippen molar-refractivity contribution in [1.82, 2.24) is 25.4 Å². The molecule has 0 amide bonds. The van der Waals surface area contributed by atoms with E-state index >= 15 is 0 Å². The molecule has 0 atom stereocenters. The molecule has 0 spiro atoms. The second-order valence-corrected chi connectivity index (χ2v) is 3.99. The van der Waals surface area contributed by atoms with Gasteiger partial charge in [-0.2, -0.15) is 10.2 Å². The van der Waals surface area contributed by atoms with Crippen molar-refractivity contribution in [2.24, 2.45) is 0 Å². The molecule has 3 aromatic rings. The quantitative estimate of drug-likeness (QED) is 0.752. The van der Waals surface area contributed by atoms with E-state index in [0.717, 1.165) is 17.1 Å². The Bertz CT molecular complexity index is 680. The number of nitrogens with one attached hydrogen (secondary N) is 2. The standard InChI is InChI=1S/C13H12N6O/c1-20-10-4-2-9(3-5-10)13-17-12(8-15-19-13)16-11-6-7-14-18-11/h2-8H,1H3,(H2,14,16,17,18,19). The van der Waals surface area contributed by atoms with E-state index in [1.807, 2.05) is 24.3 Å². The number of methoxy groups -OCH3 is 1. The molecular formula is C13H12N6O. The van der Waals surface area contributed by atoms with Crippen LogP contribution in [0.1, 0.15) is 0 Å². The summed E-state index contributed by atoms with van der Waals surface area (Å²) in [5.74, 6) is 2.66. The van der Waals surface area contributed by atoms with Crippen LogP contribution in [-0.2, 0) is 0 Å². The van der Waals surface area contributed by atoms with Crippen LogP contribution in [0.25, 0.3) is 11.4 Å². The Morgan fingerprint density at radius 3 is 2.70 bits per heavy atom. The predicted octanol–water partition coefficient (Wildman–Crippen LogP) is 2.01. The minimum atomic E-state index is 0.539. The molecule has 2 heterocycles. The highest BCUT2D eigenvalue weighted by Gasteiger charge is 2.05. The van der Waals surface area contributed by atoms with Crippen LogP contribution in [0.3, 0.4) is 0 Å². The van der Waals surface area contributed by atoms with Crippen molar-refractivity contribution < 1.29 is 4.74 Å². The van der Waals surface area contributed by atoms with E-state index in [-0.39, 0.29) is 0 Å². The molecule has 0 saturated carbocycles. The third-order valence-electron chi connectivity index (χ3n) is 2.67. The van der Waals surface area contributed by atoms with Gasteiger partial charge in [0, 0.05) is 11.6 Å². The van der Waals surface area contributed by atoms with Crippen molar-refractivity contribution >= 4 is 11.6 Å². The molecule has 100 valence electrons. The lowest BCUT2D eigenvalue weighted by Crippen LogP contribution is -1.99. The normalized spacial score (nSPS) is 10.2. The minimum Gasteiger partial charge on any atom is -0.497 e. The lowest BCUT2D eigenvalue weighted by atomic mass is 10.2. The zero-order chi connectivity index (χ0) is 13.8. The molecule has 2 aromatic heterocycles. The average molecular weight is 268 g/mol. The fraction of sp³-hybridized carbons (Fsp3) is 0.0769. The molecule has 0 bridgehead atoms. The molecule has 7 heteroatoms. The van der Waals surface area contributed by atoms with E-state index in [4.69, 9.17) is 4.74 Å². The Balaban J connectivity index is 1.86. The van der Waals surface area contributed by atoms with Gasteiger partial charge in [0.2, 0.25) is 0 Å². The third kappa shape index (κ3) is 2.56. The highest BCUT2D eigenvalue weighted by molar-refractivity contribution is 5.59. The maximum Gasteiger partial charge on any atom is 0.183 e. The summed E-state index contributed by atoms with van der Waals surface area (Å²) < 4.78 is 5.12. The first-order valence-electron chi connectivity index (χ1n) is 5.96. The van der Waals surface area contributed by atoms with E-state index in [0.29, 0.717) is 11.6 Å². The highest BCUT2D eigenvalue weighted by atomic mass is 16.5. The van der Waals surface area contributed by atoms with E-state index in [1.54, 1.807) is 25.6 Å². The number of hydrogen-bond donors (Lipinski definition) is 2. The van der Waals surface area contributed by atoms with Crippen molar-refractivity contribution in [3.63, 3.8) is 0 Å². The lowest BCUT2D eigenvalue weighted by Gasteiger charge is -2.05. The molecule has 7 nitrogen and oxygen atoms in total. The van der Waals surface area contributed by atoms with Crippen molar-refractivity contribution in [2.75, 3.05) is 12.4 Å². The molecular weight excluding hydrogens is 256 g/mol. The lowest BCUT2D eigenvalue weighted by molar-refractivity contribution is 0.415. The first-order valence-corrected chi connectivity index (χ1v) is 5.96. The van der Waals surface area contributed by atoms with Crippen molar-refractivity contribution in [1.29, 1.82) is 0 Å². The number of benzene rings is 1. The topological polar surface area (TPSA) is 88.6 Å². The average Bonchev–Trinajstić information content (AvgIpc) is 3.01. The fourth-order valence-electron chi connectivity index (χ4n) is 1.69. The van der Waals surface area contributed by atoms with Crippen LogP contribution in [0.4, 0.5) is 11.6 Å². The molecule has 0 aliphatic heterocycles. The molecule has 20 heavy (non-hydrogen) atoms. The number of nitrogens with zero attached hydrogens (tertiary/aromatic N) is 4. The third-order valence-corrected chi connectivity index (χ3v) is 2.67. The molecule has 3 rings (SSSR count). The van der Waals surface area contributed by atoms with Gasteiger partial charge in [-0.3, -0.25) is 5.10 Å². The minimum absolute atomic E-state index is 0.539. The SMILES string of the molecule is COc1ccc(-c2nncc(Nc3ccn[nH]3)n2)cc1. The van der Waals surface area contributed by atoms with Gasteiger partial charge >= 0.3 is 0 Å². The van der Waals surface area contributed by atoms with Crippen molar-refractivity contribution in [2.45, 2.75) is 0 Å². The number of ether oxygens (including phenoxy) is 1. The first kappa shape index (κ1) is 12.1. The van der Waals surface area contributed by atoms with E-state index in [9.17, 15) is 0 Å². The Labute approximate surface area is 115 Å². The largest absolute Gasteiger partial charge is 0.497 e. The molecule has 0 aliphatic rings. The Morgan fingerprint density at radius 1 is 1.15 bits per heavy atom. The summed E-state index contributed by atoms with van der Waals surface area (Å²) in [4.78, 5) is 4.40. The molecule has 0 fully saturated rings. The number of aromatic amines is 1. The van der Waals surface area contributed by atoms with Crippen LogP contribution in [-0.4, -0.2) is 32.5 Å². The highest BCUT2D eigenvalue weighted by Crippen LogP contribution is 2.20. The fourth-order valence-corrected chi connectivity index (χ4v) is 1.69. The van der Waals surface area contributed by atoms with E-state index in [2.05, 4.69) is 30.7 Å². The number of hydrogen-bond acceptors (Lipinski definition) is 6. The number of H-pyrrole nitrogens is 1. The smallest absolute Gasteiger partial charge is 0.183 e. The summed E-state index contributed by atoms with van der Waals surface area (Å²) in [6.45, 7) is 0. The molecule has 0 aliphatic carbocycles. The van der Waals surface area contributed by atoms with E-state index < -0.39 is 0 Å². The van der Waals surface area contributed by atoms with E-state index in [1.165, 1.54) is 0 Å². The van der Waals surface area contributed by atoms with Crippen LogP contribution >= 0.6 is 0 Å². The van der Waals surface area contributed by atoms with Crippen molar-refractivity contribution in [3.05, 3.63) is 42.7 Å². The van der Waals surface area contributed by atoms with Crippen LogP contribution in [0.5, 0.6) is 5.75 Å². The Kier molecular flexibility index (Phi) is 3.24. The zero-order valence-electron chi connectivity index (χ0n) is 10.7. The maximum absolute atomic E-state index is 5.12. The Hall–Kier alpha value is -2.96. The van der Waals surface area contributed by atoms with Gasteiger partial charge in [0.25, 0.3) is 0 Å². The van der Waals surface area contributed by atoms with Crippen LogP contribution in [0, 0.1) is 0 Å². The second kappa shape index (κ2) is 5.35. The van der Waals surface area contributed by atoms with Gasteiger partial charge in [0.05, 0.1) is 19.5 Å². The second-order valence-electron chi connectivity index (χ2n) is 3.99. The van der Waals surface area contributed by atoms with Gasteiger partial charge in [-0.05, 0) is 24.3 Å². The Morgan fingerprint density at radius 2 is 2.00 bits per heavy atom. The van der Waals surface area contributed by atoms with Gasteiger partial charge in [-0.25, -0.2) is 4.98 Å². The van der Waals surface area contributed by atoms with Gasteiger partial charge in [-0.15, -0.1) is 5.10 Å². The summed E-state index contributed by atoms with van der Waals surface area (Å²) in [5, 5.41) is 17.7. The van der Waals surface area contributed by atoms with Gasteiger partial charge < -0.3 is 10.1 Å². The molecule has 0 unspecified atom stereocenters. The monoisotopic (exact) mass is 268 g/mol. The molecule has 1 aromatic carbocycles. The van der Waals surface area contributed by atoms with Gasteiger partial charge in [-0.1, -0.05) is 0 Å². The molecule has 0 saturated heterocycles. The first-order chi connectivity index (χ1) is 9.85. The maximum atomic E-state index is 5.12. The summed E-state index contributed by atoms with van der Waals surface area (Å²) in [6, 6.07) is 9.28. The van der Waals surface area contributed by atoms with Gasteiger partial charge in [0.1, 0.15) is 11.6 Å². The number of anilines is 2. The predicted molar refractivity (Wildman–Crippen MR) is 73.7 cm³/mol. The summed E-state index contributed by atoms with van der Waals surface area (Å²) in [7, 11) is 1.63. The van der Waals surface area contributed by atoms with Crippen LogP contribution in [0.2, 0.25) is 0 Å². The number of rotatable bonds is 4. The van der Waals surface area contributed by atoms with Crippen molar-refractivity contribution in [3.8, 4) is 17.1 Å². The zero-order valence-corrected chi connectivity index (χ0v) is 10.7. The summed E-state index contributed by atoms with van der Waals surface area (Å²) in [5.41, 5.74) is 0.867. The number of aromatic nitrogens is 5. The summed E-state index contributed by atoms with van der Waals surface area (Å²) in [6.07, 6.45) is 3.20. The van der Waals surface area contributed by atoms with Crippen LogP contribution in [0.15, 0.2) is 42.7 Å².